The molecule has 2 rings (SSSR count). The van der Waals surface area contributed by atoms with Gasteiger partial charge in [0.2, 0.25) is 0 Å². The molecule has 6 heteroatoms. The topological polar surface area (TPSA) is 65.6 Å². The van der Waals surface area contributed by atoms with Crippen molar-refractivity contribution >= 4 is 11.5 Å². The second-order valence-electron chi connectivity index (χ2n) is 3.28. The number of hydrogen-bond acceptors (Lipinski definition) is 4. The van der Waals surface area contributed by atoms with Gasteiger partial charge in [0, 0.05) is 18.9 Å². The van der Waals surface area contributed by atoms with Gasteiger partial charge in [0.05, 0.1) is 19.7 Å². The monoisotopic (exact) mass is 221 g/mol. The Morgan fingerprint density at radius 2 is 2.31 bits per heavy atom. The van der Waals surface area contributed by atoms with Gasteiger partial charge in [-0.05, 0) is 6.07 Å². The van der Waals surface area contributed by atoms with Crippen LogP contribution in [0.15, 0.2) is 29.5 Å². The van der Waals surface area contributed by atoms with Gasteiger partial charge in [-0.2, -0.15) is 5.10 Å². The lowest BCUT2D eigenvalue weighted by atomic mass is 10.4. The van der Waals surface area contributed by atoms with Gasteiger partial charge in [0.1, 0.15) is 5.52 Å². The van der Waals surface area contributed by atoms with E-state index in [4.69, 9.17) is 0 Å². The number of esters is 1. The fraction of sp³-hybridized carbons (Fsp3) is 0.300. The third-order valence-electron chi connectivity index (χ3n) is 2.32. The van der Waals surface area contributed by atoms with Crippen LogP contribution in [0.2, 0.25) is 0 Å². The standard InChI is InChI=1S/C10H11N3O3/c1-16-9(14)3-5-12-6-7-13-8(10(12)15)2-4-11-13/h2,4,6-7H,3,5H2,1H3. The van der Waals surface area contributed by atoms with Crippen LogP contribution < -0.4 is 5.56 Å². The molecule has 0 unspecified atom stereocenters. The number of ether oxygens (including phenoxy) is 1. The van der Waals surface area contributed by atoms with Gasteiger partial charge in [-0.1, -0.05) is 0 Å². The number of nitrogens with zero attached hydrogens (tertiary/aromatic N) is 3. The fourth-order valence-corrected chi connectivity index (χ4v) is 1.45. The Morgan fingerprint density at radius 3 is 3.06 bits per heavy atom. The summed E-state index contributed by atoms with van der Waals surface area (Å²) in [7, 11) is 1.32. The highest BCUT2D eigenvalue weighted by Gasteiger charge is 2.05. The lowest BCUT2D eigenvalue weighted by molar-refractivity contribution is -0.140. The maximum atomic E-state index is 11.8. The number of rotatable bonds is 3. The van der Waals surface area contributed by atoms with E-state index in [1.165, 1.54) is 16.2 Å². The number of carbonyl (C=O) groups excluding carboxylic acids is 1. The normalized spacial score (nSPS) is 10.6. The van der Waals surface area contributed by atoms with Crippen molar-refractivity contribution in [3.63, 3.8) is 0 Å². The lowest BCUT2D eigenvalue weighted by Crippen LogP contribution is -2.22. The van der Waals surface area contributed by atoms with Crippen molar-refractivity contribution in [1.29, 1.82) is 0 Å². The molecular formula is C10H11N3O3. The summed E-state index contributed by atoms with van der Waals surface area (Å²) in [6.07, 6.45) is 5.02. The minimum absolute atomic E-state index is 0.163. The molecule has 0 N–H and O–H groups in total. The van der Waals surface area contributed by atoms with Crippen LogP contribution in [0.4, 0.5) is 0 Å². The van der Waals surface area contributed by atoms with Gasteiger partial charge in [0.25, 0.3) is 5.56 Å². The van der Waals surface area contributed by atoms with Crippen LogP contribution >= 0.6 is 0 Å². The number of fused-ring (bicyclic) bond motifs is 1. The van der Waals surface area contributed by atoms with Crippen LogP contribution in [-0.2, 0) is 16.1 Å². The van der Waals surface area contributed by atoms with Crippen LogP contribution in [0.3, 0.4) is 0 Å². The lowest BCUT2D eigenvalue weighted by Gasteiger charge is -2.04. The van der Waals surface area contributed by atoms with Crippen LogP contribution in [0.25, 0.3) is 5.52 Å². The summed E-state index contributed by atoms with van der Waals surface area (Å²) in [5.41, 5.74) is 0.330. The highest BCUT2D eigenvalue weighted by Crippen LogP contribution is 1.96. The summed E-state index contributed by atoms with van der Waals surface area (Å²) in [5.74, 6) is -0.333. The summed E-state index contributed by atoms with van der Waals surface area (Å²) in [6.45, 7) is 0.313. The second-order valence-corrected chi connectivity index (χ2v) is 3.28. The molecule has 0 amide bonds. The summed E-state index contributed by atoms with van der Waals surface area (Å²) >= 11 is 0. The van der Waals surface area contributed by atoms with Gasteiger partial charge in [-0.3, -0.25) is 9.59 Å². The first-order valence-electron chi connectivity index (χ1n) is 4.82. The van der Waals surface area contributed by atoms with E-state index in [-0.39, 0.29) is 17.9 Å². The molecule has 16 heavy (non-hydrogen) atoms. The predicted octanol–water partition coefficient (Wildman–Crippen LogP) is 0.0591. The Bertz CT molecular complexity index is 570. The van der Waals surface area contributed by atoms with Gasteiger partial charge in [0.15, 0.2) is 0 Å². The molecule has 2 aromatic heterocycles. The van der Waals surface area contributed by atoms with Crippen molar-refractivity contribution < 1.29 is 9.53 Å². The van der Waals surface area contributed by atoms with Crippen molar-refractivity contribution in [3.8, 4) is 0 Å². The van der Waals surface area contributed by atoms with Gasteiger partial charge >= 0.3 is 5.97 Å². The molecule has 0 bridgehead atoms. The molecule has 2 aromatic rings. The number of carbonyl (C=O) groups is 1. The highest BCUT2D eigenvalue weighted by molar-refractivity contribution is 5.69. The number of methoxy groups -OCH3 is 1. The first kappa shape index (κ1) is 10.4. The van der Waals surface area contributed by atoms with Crippen molar-refractivity contribution in [1.82, 2.24) is 14.2 Å². The average molecular weight is 221 g/mol. The molecule has 2 heterocycles. The Hall–Kier alpha value is -2.11. The molecule has 0 saturated heterocycles. The zero-order chi connectivity index (χ0) is 11.5. The SMILES string of the molecule is COC(=O)CCn1ccn2nccc2c1=O. The van der Waals surface area contributed by atoms with E-state index >= 15 is 0 Å². The zero-order valence-electron chi connectivity index (χ0n) is 8.79. The maximum absolute atomic E-state index is 11.8. The fourth-order valence-electron chi connectivity index (χ4n) is 1.45. The maximum Gasteiger partial charge on any atom is 0.307 e. The van der Waals surface area contributed by atoms with Gasteiger partial charge in [-0.25, -0.2) is 4.52 Å². The molecule has 0 radical (unpaired) electrons. The second kappa shape index (κ2) is 4.18. The molecule has 0 aromatic carbocycles. The van der Waals surface area contributed by atoms with Crippen molar-refractivity contribution in [2.75, 3.05) is 7.11 Å². The van der Waals surface area contributed by atoms with Gasteiger partial charge in [-0.15, -0.1) is 0 Å². The molecule has 0 spiro atoms. The molecule has 0 fully saturated rings. The summed E-state index contributed by atoms with van der Waals surface area (Å²) in [5, 5.41) is 3.94. The highest BCUT2D eigenvalue weighted by atomic mass is 16.5. The Morgan fingerprint density at radius 1 is 1.50 bits per heavy atom. The molecule has 0 saturated carbocycles. The Kier molecular flexibility index (Phi) is 2.72. The van der Waals surface area contributed by atoms with E-state index in [0.717, 1.165) is 0 Å². The first-order valence-corrected chi connectivity index (χ1v) is 4.82. The average Bonchev–Trinajstić information content (AvgIpc) is 2.76. The number of aromatic nitrogens is 3. The van der Waals surface area contributed by atoms with Crippen molar-refractivity contribution in [2.24, 2.45) is 0 Å². The smallest absolute Gasteiger partial charge is 0.307 e. The molecule has 0 atom stereocenters. The molecule has 6 nitrogen and oxygen atoms in total. The number of hydrogen-bond donors (Lipinski definition) is 0. The molecular weight excluding hydrogens is 210 g/mol. The van der Waals surface area contributed by atoms with Crippen molar-refractivity contribution in [2.45, 2.75) is 13.0 Å². The van der Waals surface area contributed by atoms with E-state index in [2.05, 4.69) is 9.84 Å². The van der Waals surface area contributed by atoms with E-state index < -0.39 is 0 Å². The van der Waals surface area contributed by atoms with Crippen LogP contribution in [0.1, 0.15) is 6.42 Å². The van der Waals surface area contributed by atoms with Crippen LogP contribution in [-0.4, -0.2) is 27.3 Å². The molecule has 0 aliphatic rings. The minimum Gasteiger partial charge on any atom is -0.469 e. The molecule has 0 aliphatic carbocycles. The summed E-state index contributed by atoms with van der Waals surface area (Å²) in [6, 6.07) is 1.64. The zero-order valence-corrected chi connectivity index (χ0v) is 8.79. The largest absolute Gasteiger partial charge is 0.469 e. The minimum atomic E-state index is -0.333. The van der Waals surface area contributed by atoms with E-state index in [1.807, 2.05) is 0 Å². The Balaban J connectivity index is 2.28. The summed E-state index contributed by atoms with van der Waals surface area (Å²) < 4.78 is 7.48. The van der Waals surface area contributed by atoms with Crippen molar-refractivity contribution in [3.05, 3.63) is 35.0 Å². The van der Waals surface area contributed by atoms with E-state index in [0.29, 0.717) is 12.1 Å². The van der Waals surface area contributed by atoms with Crippen LogP contribution in [0, 0.1) is 0 Å². The number of aryl methyl sites for hydroxylation is 1. The predicted molar refractivity (Wildman–Crippen MR) is 56.1 cm³/mol. The first-order chi connectivity index (χ1) is 7.72. The molecule has 84 valence electrons. The van der Waals surface area contributed by atoms with Gasteiger partial charge < -0.3 is 9.30 Å². The molecule has 0 aliphatic heterocycles. The Labute approximate surface area is 91.1 Å². The van der Waals surface area contributed by atoms with Crippen LogP contribution in [0.5, 0.6) is 0 Å². The third-order valence-corrected chi connectivity index (χ3v) is 2.32. The quantitative estimate of drug-likeness (QED) is 0.687. The van der Waals surface area contributed by atoms with E-state index in [1.54, 1.807) is 24.7 Å². The summed E-state index contributed by atoms with van der Waals surface area (Å²) in [4.78, 5) is 22.8. The van der Waals surface area contributed by atoms with E-state index in [9.17, 15) is 9.59 Å². The third kappa shape index (κ3) is 1.81.